The van der Waals surface area contributed by atoms with E-state index in [1.54, 1.807) is 19.1 Å². The number of amides is 1. The summed E-state index contributed by atoms with van der Waals surface area (Å²) in [6.45, 7) is 8.55. The van der Waals surface area contributed by atoms with Gasteiger partial charge in [0.25, 0.3) is 0 Å². The molecule has 2 atom stereocenters. The highest BCUT2D eigenvalue weighted by Gasteiger charge is 2.22. The third kappa shape index (κ3) is 3.07. The number of nitrogens with one attached hydrogen (secondary N) is 1. The number of primary amides is 1. The van der Waals surface area contributed by atoms with E-state index in [2.05, 4.69) is 14.8 Å². The summed E-state index contributed by atoms with van der Waals surface area (Å²) in [6, 6.07) is 9.24. The second-order valence-electron chi connectivity index (χ2n) is 5.85. The van der Waals surface area contributed by atoms with Gasteiger partial charge in [-0.1, -0.05) is 25.1 Å². The standard InChI is InChI=1S/C18H16FN5O/c1-9(17(21)25)16(20)18-23-14-6-4-11(8-15(14)24-18)10-3-5-13(22-2)12(19)7-10/h3-9,16H,20H2,1H3,(H2,21,25)(H,23,24)/t9-,16+/m1/s1. The van der Waals surface area contributed by atoms with Gasteiger partial charge in [0.2, 0.25) is 11.6 Å². The predicted molar refractivity (Wildman–Crippen MR) is 93.0 cm³/mol. The monoisotopic (exact) mass is 337 g/mol. The fourth-order valence-electron chi connectivity index (χ4n) is 2.56. The fourth-order valence-corrected chi connectivity index (χ4v) is 2.56. The Hall–Kier alpha value is -3.24. The summed E-state index contributed by atoms with van der Waals surface area (Å²) in [6.07, 6.45) is 0. The number of H-pyrrole nitrogens is 1. The summed E-state index contributed by atoms with van der Waals surface area (Å²) >= 11 is 0. The van der Waals surface area contributed by atoms with E-state index < -0.39 is 23.7 Å². The molecule has 0 saturated carbocycles. The Kier molecular flexibility index (Phi) is 4.21. The average Bonchev–Trinajstić information content (AvgIpc) is 3.03. The number of hydrogen-bond acceptors (Lipinski definition) is 3. The lowest BCUT2D eigenvalue weighted by molar-refractivity contribution is -0.121. The molecule has 1 heterocycles. The molecule has 3 rings (SSSR count). The van der Waals surface area contributed by atoms with Crippen molar-refractivity contribution in [2.24, 2.45) is 17.4 Å². The maximum Gasteiger partial charge on any atom is 0.222 e. The normalized spacial score (nSPS) is 13.4. The first-order valence-electron chi connectivity index (χ1n) is 7.62. The Morgan fingerprint density at radius 1 is 1.28 bits per heavy atom. The third-order valence-corrected chi connectivity index (χ3v) is 4.20. The minimum Gasteiger partial charge on any atom is -0.369 e. The van der Waals surface area contributed by atoms with E-state index >= 15 is 0 Å². The van der Waals surface area contributed by atoms with Crippen LogP contribution in [0.2, 0.25) is 0 Å². The first-order valence-corrected chi connectivity index (χ1v) is 7.62. The highest BCUT2D eigenvalue weighted by Crippen LogP contribution is 2.28. The second kappa shape index (κ2) is 6.34. The van der Waals surface area contributed by atoms with Gasteiger partial charge in [-0.25, -0.2) is 14.2 Å². The van der Waals surface area contributed by atoms with Crippen LogP contribution in [0, 0.1) is 18.3 Å². The number of nitrogens with two attached hydrogens (primary N) is 2. The maximum atomic E-state index is 13.8. The number of aromatic amines is 1. The van der Waals surface area contributed by atoms with Gasteiger partial charge in [0.15, 0.2) is 0 Å². The first kappa shape index (κ1) is 16.6. The SMILES string of the molecule is [C-]#[N+]c1ccc(-c2ccc3nc([C@@H](N)[C@@H](C)C(N)=O)[nH]c3c2)cc1F. The van der Waals surface area contributed by atoms with Gasteiger partial charge in [0.1, 0.15) is 11.6 Å². The number of carbonyl (C=O) groups excluding carboxylic acids is 1. The van der Waals surface area contributed by atoms with Crippen LogP contribution in [0.1, 0.15) is 18.8 Å². The van der Waals surface area contributed by atoms with Crippen molar-refractivity contribution >= 4 is 22.6 Å². The molecule has 0 aliphatic heterocycles. The average molecular weight is 337 g/mol. The quantitative estimate of drug-likeness (QED) is 0.638. The predicted octanol–water partition coefficient (Wildman–Crippen LogP) is 3.04. The Balaban J connectivity index is 1.99. The molecular weight excluding hydrogens is 321 g/mol. The molecule has 0 fully saturated rings. The van der Waals surface area contributed by atoms with E-state index in [0.717, 1.165) is 5.56 Å². The van der Waals surface area contributed by atoms with Crippen LogP contribution in [0.5, 0.6) is 0 Å². The van der Waals surface area contributed by atoms with E-state index in [-0.39, 0.29) is 5.69 Å². The van der Waals surface area contributed by atoms with Crippen LogP contribution in [0.15, 0.2) is 36.4 Å². The number of aromatic nitrogens is 2. The molecule has 25 heavy (non-hydrogen) atoms. The van der Waals surface area contributed by atoms with E-state index in [9.17, 15) is 9.18 Å². The lowest BCUT2D eigenvalue weighted by Gasteiger charge is -2.13. The zero-order chi connectivity index (χ0) is 18.1. The largest absolute Gasteiger partial charge is 0.369 e. The van der Waals surface area contributed by atoms with Gasteiger partial charge < -0.3 is 16.5 Å². The second-order valence-corrected chi connectivity index (χ2v) is 5.85. The van der Waals surface area contributed by atoms with E-state index in [0.29, 0.717) is 22.4 Å². The van der Waals surface area contributed by atoms with Crippen molar-refractivity contribution in [1.82, 2.24) is 9.97 Å². The van der Waals surface area contributed by atoms with E-state index in [1.165, 1.54) is 12.1 Å². The van der Waals surface area contributed by atoms with Crippen LogP contribution >= 0.6 is 0 Å². The van der Waals surface area contributed by atoms with Crippen LogP contribution in [0.3, 0.4) is 0 Å². The zero-order valence-electron chi connectivity index (χ0n) is 13.5. The van der Waals surface area contributed by atoms with Gasteiger partial charge in [0.05, 0.1) is 29.6 Å². The van der Waals surface area contributed by atoms with E-state index in [1.807, 2.05) is 12.1 Å². The highest BCUT2D eigenvalue weighted by molar-refractivity contribution is 5.83. The molecule has 5 N–H and O–H groups in total. The summed E-state index contributed by atoms with van der Waals surface area (Å²) in [5, 5.41) is 0. The van der Waals surface area contributed by atoms with Crippen LogP contribution in [-0.2, 0) is 4.79 Å². The Morgan fingerprint density at radius 3 is 2.60 bits per heavy atom. The van der Waals surface area contributed by atoms with Crippen LogP contribution < -0.4 is 11.5 Å². The molecule has 0 aliphatic rings. The van der Waals surface area contributed by atoms with Gasteiger partial charge in [0, 0.05) is 0 Å². The number of rotatable bonds is 4. The molecule has 2 aromatic carbocycles. The van der Waals surface area contributed by atoms with Crippen molar-refractivity contribution in [2.45, 2.75) is 13.0 Å². The molecular formula is C18H16FN5O. The molecule has 126 valence electrons. The van der Waals surface area contributed by atoms with Crippen molar-refractivity contribution in [3.8, 4) is 11.1 Å². The fraction of sp³-hybridized carbons (Fsp3) is 0.167. The first-order chi connectivity index (χ1) is 11.9. The zero-order valence-corrected chi connectivity index (χ0v) is 13.5. The Morgan fingerprint density at radius 2 is 1.96 bits per heavy atom. The summed E-state index contributed by atoms with van der Waals surface area (Å²) < 4.78 is 13.8. The van der Waals surface area contributed by atoms with Crippen LogP contribution in [0.4, 0.5) is 10.1 Å². The van der Waals surface area contributed by atoms with Crippen molar-refractivity contribution in [2.75, 3.05) is 0 Å². The molecule has 3 aromatic rings. The van der Waals surface area contributed by atoms with Crippen molar-refractivity contribution in [3.05, 3.63) is 59.5 Å². The molecule has 1 aromatic heterocycles. The summed E-state index contributed by atoms with van der Waals surface area (Å²) in [4.78, 5) is 21.9. The van der Waals surface area contributed by atoms with Crippen LogP contribution in [-0.4, -0.2) is 15.9 Å². The lowest BCUT2D eigenvalue weighted by atomic mass is 10.0. The molecule has 6 nitrogen and oxygen atoms in total. The number of halogens is 1. The number of imidazole rings is 1. The van der Waals surface area contributed by atoms with Crippen molar-refractivity contribution in [1.29, 1.82) is 0 Å². The molecule has 0 spiro atoms. The summed E-state index contributed by atoms with van der Waals surface area (Å²) in [5.41, 5.74) is 14.1. The van der Waals surface area contributed by atoms with Gasteiger partial charge in [-0.15, -0.1) is 0 Å². The smallest absolute Gasteiger partial charge is 0.222 e. The molecule has 0 bridgehead atoms. The Bertz CT molecular complexity index is 1000. The van der Waals surface area contributed by atoms with Gasteiger partial charge in [-0.05, 0) is 29.3 Å². The number of carbonyl (C=O) groups is 1. The highest BCUT2D eigenvalue weighted by atomic mass is 19.1. The minimum atomic E-state index is -0.635. The summed E-state index contributed by atoms with van der Waals surface area (Å²) in [7, 11) is 0. The molecule has 7 heteroatoms. The van der Waals surface area contributed by atoms with Crippen LogP contribution in [0.25, 0.3) is 27.0 Å². The lowest BCUT2D eigenvalue weighted by Crippen LogP contribution is -2.31. The molecule has 0 saturated heterocycles. The number of nitrogens with zero attached hydrogens (tertiary/aromatic N) is 2. The molecule has 1 amide bonds. The third-order valence-electron chi connectivity index (χ3n) is 4.20. The minimum absolute atomic E-state index is 0.0138. The number of hydrogen-bond donors (Lipinski definition) is 3. The van der Waals surface area contributed by atoms with Gasteiger partial charge >= 0.3 is 0 Å². The van der Waals surface area contributed by atoms with Gasteiger partial charge in [-0.3, -0.25) is 4.79 Å². The molecule has 0 unspecified atom stereocenters. The Labute approximate surface area is 143 Å². The molecule has 0 aliphatic carbocycles. The van der Waals surface area contributed by atoms with Crippen molar-refractivity contribution in [3.63, 3.8) is 0 Å². The summed E-state index contributed by atoms with van der Waals surface area (Å²) in [5.74, 6) is -1.15. The molecule has 0 radical (unpaired) electrons. The topological polar surface area (TPSA) is 102 Å². The van der Waals surface area contributed by atoms with Crippen molar-refractivity contribution < 1.29 is 9.18 Å². The maximum absolute atomic E-state index is 13.8. The number of fused-ring (bicyclic) bond motifs is 1. The number of benzene rings is 2. The van der Waals surface area contributed by atoms with E-state index in [4.69, 9.17) is 18.0 Å². The van der Waals surface area contributed by atoms with Gasteiger partial charge in [-0.2, -0.15) is 0 Å².